The van der Waals surface area contributed by atoms with Gasteiger partial charge in [-0.15, -0.1) is 12.4 Å². The zero-order valence-electron chi connectivity index (χ0n) is 10.8. The van der Waals surface area contributed by atoms with Crippen molar-refractivity contribution in [3.63, 3.8) is 0 Å². The molecular formula is C13H20ClN3O2. The Bertz CT molecular complexity index is 455. The number of rotatable bonds is 2. The van der Waals surface area contributed by atoms with E-state index in [4.69, 9.17) is 5.11 Å². The maximum atomic E-state index is 11.0. The van der Waals surface area contributed by atoms with Crippen LogP contribution in [0.15, 0.2) is 6.20 Å². The molecule has 2 unspecified atom stereocenters. The van der Waals surface area contributed by atoms with Gasteiger partial charge in [-0.2, -0.15) is 0 Å². The lowest BCUT2D eigenvalue weighted by molar-refractivity contribution is -0.142. The van der Waals surface area contributed by atoms with E-state index in [0.717, 1.165) is 37.6 Å². The number of nitrogens with zero attached hydrogens (tertiary/aromatic N) is 2. The lowest BCUT2D eigenvalue weighted by atomic mass is 9.95. The van der Waals surface area contributed by atoms with E-state index in [1.165, 1.54) is 12.8 Å². The maximum Gasteiger partial charge on any atom is 0.306 e. The van der Waals surface area contributed by atoms with Crippen LogP contribution in [-0.4, -0.2) is 33.7 Å². The molecule has 1 saturated heterocycles. The quantitative estimate of drug-likeness (QED) is 0.862. The first-order chi connectivity index (χ1) is 8.75. The molecule has 19 heavy (non-hydrogen) atoms. The second-order valence-electron chi connectivity index (χ2n) is 5.33. The van der Waals surface area contributed by atoms with E-state index in [9.17, 15) is 4.79 Å². The molecular weight excluding hydrogens is 266 g/mol. The van der Waals surface area contributed by atoms with E-state index in [-0.39, 0.29) is 18.3 Å². The maximum absolute atomic E-state index is 11.0. The van der Waals surface area contributed by atoms with Crippen LogP contribution in [0.2, 0.25) is 0 Å². The van der Waals surface area contributed by atoms with Gasteiger partial charge in [-0.05, 0) is 25.8 Å². The summed E-state index contributed by atoms with van der Waals surface area (Å²) in [5.41, 5.74) is 1.09. The number of aliphatic carboxylic acids is 1. The summed E-state index contributed by atoms with van der Waals surface area (Å²) in [6.45, 7) is 2.90. The van der Waals surface area contributed by atoms with Crippen molar-refractivity contribution in [2.24, 2.45) is 5.92 Å². The molecule has 106 valence electrons. The van der Waals surface area contributed by atoms with E-state index < -0.39 is 5.97 Å². The van der Waals surface area contributed by atoms with Gasteiger partial charge in [-0.3, -0.25) is 4.79 Å². The van der Waals surface area contributed by atoms with E-state index >= 15 is 0 Å². The topological polar surface area (TPSA) is 67.1 Å². The summed E-state index contributed by atoms with van der Waals surface area (Å²) in [6, 6.07) is 0. The SMILES string of the molecule is Cl.O=C(O)C1CCn2c(cnc2C2CCCNC2)C1. The van der Waals surface area contributed by atoms with Crippen LogP contribution in [0.4, 0.5) is 0 Å². The van der Waals surface area contributed by atoms with Gasteiger partial charge in [0.1, 0.15) is 5.82 Å². The van der Waals surface area contributed by atoms with Crippen molar-refractivity contribution in [2.45, 2.75) is 38.1 Å². The Morgan fingerprint density at radius 2 is 2.32 bits per heavy atom. The fourth-order valence-corrected chi connectivity index (χ4v) is 3.10. The minimum atomic E-state index is -0.677. The monoisotopic (exact) mass is 285 g/mol. The highest BCUT2D eigenvalue weighted by Gasteiger charge is 2.28. The molecule has 0 radical (unpaired) electrons. The van der Waals surface area contributed by atoms with Crippen LogP contribution in [0.25, 0.3) is 0 Å². The Balaban J connectivity index is 0.00000133. The van der Waals surface area contributed by atoms with Gasteiger partial charge < -0.3 is 15.0 Å². The van der Waals surface area contributed by atoms with Crippen molar-refractivity contribution in [3.05, 3.63) is 17.7 Å². The smallest absolute Gasteiger partial charge is 0.306 e. The molecule has 0 amide bonds. The normalized spacial score (nSPS) is 26.3. The van der Waals surface area contributed by atoms with Crippen LogP contribution in [0.1, 0.15) is 36.7 Å². The first-order valence-electron chi connectivity index (χ1n) is 6.73. The molecule has 2 atom stereocenters. The molecule has 3 heterocycles. The van der Waals surface area contributed by atoms with Crippen molar-refractivity contribution >= 4 is 18.4 Å². The van der Waals surface area contributed by atoms with Crippen LogP contribution in [0, 0.1) is 5.92 Å². The highest BCUT2D eigenvalue weighted by molar-refractivity contribution is 5.85. The van der Waals surface area contributed by atoms with Crippen LogP contribution < -0.4 is 5.32 Å². The molecule has 1 fully saturated rings. The molecule has 1 aromatic heterocycles. The van der Waals surface area contributed by atoms with Crippen LogP contribution in [0.3, 0.4) is 0 Å². The average molecular weight is 286 g/mol. The number of fused-ring (bicyclic) bond motifs is 1. The Labute approximate surface area is 118 Å². The first-order valence-corrected chi connectivity index (χ1v) is 6.73. The summed E-state index contributed by atoms with van der Waals surface area (Å²) in [6.07, 6.45) is 5.61. The number of piperidine rings is 1. The molecule has 0 aromatic carbocycles. The zero-order chi connectivity index (χ0) is 12.5. The number of carbonyl (C=O) groups is 1. The van der Waals surface area contributed by atoms with Gasteiger partial charge in [0.15, 0.2) is 0 Å². The number of hydrogen-bond donors (Lipinski definition) is 2. The van der Waals surface area contributed by atoms with Crippen LogP contribution in [-0.2, 0) is 17.8 Å². The largest absolute Gasteiger partial charge is 0.481 e. The number of nitrogens with one attached hydrogen (secondary N) is 1. The summed E-state index contributed by atoms with van der Waals surface area (Å²) < 4.78 is 2.25. The number of carboxylic acid groups (broad SMARTS) is 1. The van der Waals surface area contributed by atoms with Gasteiger partial charge in [0.05, 0.1) is 5.92 Å². The molecule has 2 N–H and O–H groups in total. The summed E-state index contributed by atoms with van der Waals surface area (Å²) >= 11 is 0. The summed E-state index contributed by atoms with van der Waals surface area (Å²) in [5, 5.41) is 12.5. The van der Waals surface area contributed by atoms with Gasteiger partial charge in [-0.25, -0.2) is 4.98 Å². The summed E-state index contributed by atoms with van der Waals surface area (Å²) in [5.74, 6) is 0.741. The van der Waals surface area contributed by atoms with Gasteiger partial charge in [0.25, 0.3) is 0 Å². The number of hydrogen-bond acceptors (Lipinski definition) is 3. The number of halogens is 1. The van der Waals surface area contributed by atoms with E-state index in [2.05, 4.69) is 14.9 Å². The minimum absolute atomic E-state index is 0. The second-order valence-corrected chi connectivity index (χ2v) is 5.33. The summed E-state index contributed by atoms with van der Waals surface area (Å²) in [4.78, 5) is 15.6. The highest BCUT2D eigenvalue weighted by Crippen LogP contribution is 2.28. The van der Waals surface area contributed by atoms with Gasteiger partial charge in [0.2, 0.25) is 0 Å². The Kier molecular flexibility index (Phi) is 4.47. The number of imidazole rings is 1. The second kappa shape index (κ2) is 5.92. The zero-order valence-corrected chi connectivity index (χ0v) is 11.7. The van der Waals surface area contributed by atoms with Crippen molar-refractivity contribution in [1.82, 2.24) is 14.9 Å². The number of carboxylic acids is 1. The lowest BCUT2D eigenvalue weighted by Gasteiger charge is -2.27. The van der Waals surface area contributed by atoms with Gasteiger partial charge in [-0.1, -0.05) is 0 Å². The van der Waals surface area contributed by atoms with Crippen molar-refractivity contribution < 1.29 is 9.90 Å². The number of aromatic nitrogens is 2. The van der Waals surface area contributed by atoms with E-state index in [1.807, 2.05) is 6.20 Å². The van der Waals surface area contributed by atoms with Crippen molar-refractivity contribution in [1.29, 1.82) is 0 Å². The van der Waals surface area contributed by atoms with Crippen molar-refractivity contribution in [3.8, 4) is 0 Å². The first kappa shape index (κ1) is 14.3. The average Bonchev–Trinajstić information content (AvgIpc) is 2.82. The third kappa shape index (κ3) is 2.77. The molecule has 0 aliphatic carbocycles. The minimum Gasteiger partial charge on any atom is -0.481 e. The predicted molar refractivity (Wildman–Crippen MR) is 73.8 cm³/mol. The standard InChI is InChI=1S/C13H19N3O2.ClH/c17-13(18)9-3-5-16-11(6-9)8-15-12(16)10-2-1-4-14-7-10;/h8-10,14H,1-7H2,(H,17,18);1H. The third-order valence-corrected chi connectivity index (χ3v) is 4.14. The Morgan fingerprint density at radius 3 is 3.00 bits per heavy atom. The van der Waals surface area contributed by atoms with Crippen LogP contribution >= 0.6 is 12.4 Å². The fourth-order valence-electron chi connectivity index (χ4n) is 3.10. The molecule has 0 saturated carbocycles. The van der Waals surface area contributed by atoms with Crippen LogP contribution in [0.5, 0.6) is 0 Å². The molecule has 2 aliphatic heterocycles. The predicted octanol–water partition coefficient (Wildman–Crippen LogP) is 1.42. The van der Waals surface area contributed by atoms with Crippen molar-refractivity contribution in [2.75, 3.05) is 13.1 Å². The highest BCUT2D eigenvalue weighted by atomic mass is 35.5. The molecule has 5 nitrogen and oxygen atoms in total. The van der Waals surface area contributed by atoms with Gasteiger partial charge >= 0.3 is 5.97 Å². The molecule has 1 aromatic rings. The summed E-state index contributed by atoms with van der Waals surface area (Å²) in [7, 11) is 0. The van der Waals surface area contributed by atoms with E-state index in [1.54, 1.807) is 0 Å². The molecule has 6 heteroatoms. The van der Waals surface area contributed by atoms with E-state index in [0.29, 0.717) is 12.3 Å². The van der Waals surface area contributed by atoms with Gasteiger partial charge in [0, 0.05) is 37.3 Å². The molecule has 2 aliphatic rings. The third-order valence-electron chi connectivity index (χ3n) is 4.14. The molecule has 3 rings (SSSR count). The Morgan fingerprint density at radius 1 is 1.47 bits per heavy atom. The lowest BCUT2D eigenvalue weighted by Crippen LogP contribution is -2.32. The molecule has 0 spiro atoms. The fraction of sp³-hybridized carbons (Fsp3) is 0.692. The Hall–Kier alpha value is -1.07. The molecule has 0 bridgehead atoms.